The molecular formula is C21H22N2O3. The molecular weight excluding hydrogens is 328 g/mol. The van der Waals surface area contributed by atoms with Crippen LogP contribution in [0, 0.1) is 11.8 Å². The molecule has 4 rings (SSSR count). The fourth-order valence-corrected chi connectivity index (χ4v) is 3.46. The molecule has 134 valence electrons. The number of nitrogens with one attached hydrogen (secondary N) is 1. The highest BCUT2D eigenvalue weighted by atomic mass is 16.3. The van der Waals surface area contributed by atoms with E-state index in [1.54, 1.807) is 48.5 Å². The molecule has 0 aromatic heterocycles. The zero-order valence-electron chi connectivity index (χ0n) is 14.5. The summed E-state index contributed by atoms with van der Waals surface area (Å²) < 4.78 is 0. The van der Waals surface area contributed by atoms with Gasteiger partial charge in [-0.3, -0.25) is 15.0 Å². The molecule has 2 fully saturated rings. The molecule has 0 aliphatic heterocycles. The lowest BCUT2D eigenvalue weighted by Crippen LogP contribution is -2.57. The molecule has 2 aliphatic carbocycles. The van der Waals surface area contributed by atoms with Gasteiger partial charge in [-0.1, -0.05) is 36.4 Å². The highest BCUT2D eigenvalue weighted by molar-refractivity contribution is 6.08. The normalized spacial score (nSPS) is 16.8. The second-order valence-corrected chi connectivity index (χ2v) is 7.16. The van der Waals surface area contributed by atoms with Crippen molar-refractivity contribution in [1.29, 1.82) is 0 Å². The topological polar surface area (TPSA) is 69.6 Å². The maximum atomic E-state index is 13.0. The van der Waals surface area contributed by atoms with Gasteiger partial charge in [-0.05, 0) is 61.8 Å². The first kappa shape index (κ1) is 16.8. The van der Waals surface area contributed by atoms with E-state index in [1.807, 2.05) is 12.1 Å². The van der Waals surface area contributed by atoms with E-state index in [0.29, 0.717) is 11.3 Å². The van der Waals surface area contributed by atoms with E-state index in [9.17, 15) is 14.7 Å². The van der Waals surface area contributed by atoms with Gasteiger partial charge in [0.2, 0.25) is 0 Å². The van der Waals surface area contributed by atoms with Crippen molar-refractivity contribution >= 4 is 17.5 Å². The number of hydrazine groups is 1. The predicted octanol–water partition coefficient (Wildman–Crippen LogP) is 2.92. The average molecular weight is 350 g/mol. The van der Waals surface area contributed by atoms with Crippen LogP contribution < -0.4 is 10.4 Å². The summed E-state index contributed by atoms with van der Waals surface area (Å²) >= 11 is 0. The van der Waals surface area contributed by atoms with Crippen molar-refractivity contribution in [3.05, 3.63) is 66.2 Å². The van der Waals surface area contributed by atoms with Crippen LogP contribution in [0.2, 0.25) is 0 Å². The van der Waals surface area contributed by atoms with Crippen LogP contribution in [-0.2, 0) is 4.79 Å². The molecule has 0 spiro atoms. The first-order chi connectivity index (χ1) is 12.6. The number of amides is 2. The van der Waals surface area contributed by atoms with Gasteiger partial charge in [0.15, 0.2) is 0 Å². The van der Waals surface area contributed by atoms with Crippen molar-refractivity contribution in [3.8, 4) is 0 Å². The minimum Gasteiger partial charge on any atom is -0.379 e. The van der Waals surface area contributed by atoms with E-state index in [0.717, 1.165) is 25.7 Å². The summed E-state index contributed by atoms with van der Waals surface area (Å²) in [6.45, 7) is 0. The molecule has 5 heteroatoms. The summed E-state index contributed by atoms with van der Waals surface area (Å²) in [6.07, 6.45) is 3.44. The smallest absolute Gasteiger partial charge is 0.277 e. The van der Waals surface area contributed by atoms with E-state index in [2.05, 4.69) is 5.43 Å². The molecule has 0 atom stereocenters. The third-order valence-electron chi connectivity index (χ3n) is 5.21. The van der Waals surface area contributed by atoms with Crippen LogP contribution in [0.3, 0.4) is 0 Å². The number of rotatable bonds is 5. The Hall–Kier alpha value is -2.66. The van der Waals surface area contributed by atoms with Gasteiger partial charge in [-0.2, -0.15) is 0 Å². The van der Waals surface area contributed by atoms with Crippen LogP contribution in [0.5, 0.6) is 0 Å². The first-order valence-corrected chi connectivity index (χ1v) is 9.08. The minimum absolute atomic E-state index is 0.000509. The van der Waals surface area contributed by atoms with Crippen molar-refractivity contribution in [2.24, 2.45) is 11.8 Å². The van der Waals surface area contributed by atoms with Gasteiger partial charge < -0.3 is 5.11 Å². The number of hydrogen-bond acceptors (Lipinski definition) is 3. The Bertz CT molecular complexity index is 787. The Kier molecular flexibility index (Phi) is 4.24. The predicted molar refractivity (Wildman–Crippen MR) is 98.2 cm³/mol. The molecule has 0 saturated heterocycles. The van der Waals surface area contributed by atoms with Crippen LogP contribution in [-0.4, -0.2) is 22.5 Å². The van der Waals surface area contributed by atoms with Crippen molar-refractivity contribution < 1.29 is 14.7 Å². The number of para-hydroxylation sites is 1. The van der Waals surface area contributed by atoms with Crippen molar-refractivity contribution in [1.82, 2.24) is 5.43 Å². The minimum atomic E-state index is -1.37. The van der Waals surface area contributed by atoms with Gasteiger partial charge in [0, 0.05) is 5.56 Å². The molecule has 5 nitrogen and oxygen atoms in total. The summed E-state index contributed by atoms with van der Waals surface area (Å²) in [4.78, 5) is 26.0. The number of carbonyl (C=O) groups is 2. The molecule has 2 N–H and O–H groups in total. The van der Waals surface area contributed by atoms with E-state index in [-0.39, 0.29) is 17.7 Å². The molecule has 2 aromatic carbocycles. The molecule has 0 unspecified atom stereocenters. The quantitative estimate of drug-likeness (QED) is 0.815. The standard InChI is InChI=1S/C21H22N2O3/c24-19(15-7-3-1-4-8-15)23(18-9-5-2-6-10-18)22-20(25)21(26,16-11-12-16)17-13-14-17/h1-10,16-17,26H,11-14H2,(H,22,25). The lowest BCUT2D eigenvalue weighted by Gasteiger charge is -2.31. The zero-order valence-corrected chi connectivity index (χ0v) is 14.5. The van der Waals surface area contributed by atoms with Crippen molar-refractivity contribution in [2.75, 3.05) is 5.01 Å². The van der Waals surface area contributed by atoms with Crippen molar-refractivity contribution in [3.63, 3.8) is 0 Å². The average Bonchev–Trinajstić information content (AvgIpc) is 3.58. The summed E-state index contributed by atoms with van der Waals surface area (Å²) in [6, 6.07) is 17.8. The van der Waals surface area contributed by atoms with E-state index in [1.165, 1.54) is 5.01 Å². The molecule has 0 heterocycles. The molecule has 0 bridgehead atoms. The number of anilines is 1. The van der Waals surface area contributed by atoms with Crippen LogP contribution in [0.1, 0.15) is 36.0 Å². The van der Waals surface area contributed by atoms with Crippen LogP contribution in [0.25, 0.3) is 0 Å². The lowest BCUT2D eigenvalue weighted by molar-refractivity contribution is -0.144. The Balaban J connectivity index is 1.63. The Labute approximate surface area is 152 Å². The molecule has 2 aliphatic rings. The van der Waals surface area contributed by atoms with Crippen LogP contribution in [0.4, 0.5) is 5.69 Å². The fraction of sp³-hybridized carbons (Fsp3) is 0.333. The third kappa shape index (κ3) is 3.10. The van der Waals surface area contributed by atoms with Gasteiger partial charge >= 0.3 is 0 Å². The summed E-state index contributed by atoms with van der Waals surface area (Å²) in [5.41, 5.74) is 2.37. The summed E-state index contributed by atoms with van der Waals surface area (Å²) in [7, 11) is 0. The third-order valence-corrected chi connectivity index (χ3v) is 5.21. The first-order valence-electron chi connectivity index (χ1n) is 9.08. The highest BCUT2D eigenvalue weighted by Gasteiger charge is 2.58. The molecule has 2 amide bonds. The SMILES string of the molecule is O=C(c1ccccc1)N(NC(=O)C(O)(C1CC1)C1CC1)c1ccccc1. The van der Waals surface area contributed by atoms with Crippen LogP contribution >= 0.6 is 0 Å². The second-order valence-electron chi connectivity index (χ2n) is 7.16. The lowest BCUT2D eigenvalue weighted by atomic mass is 9.91. The molecule has 2 aromatic rings. The Morgan fingerprint density at radius 1 is 0.885 bits per heavy atom. The maximum absolute atomic E-state index is 13.0. The van der Waals surface area contributed by atoms with Crippen LogP contribution in [0.15, 0.2) is 60.7 Å². The summed E-state index contributed by atoms with van der Waals surface area (Å²) in [5.74, 6) is -0.811. The monoisotopic (exact) mass is 350 g/mol. The van der Waals surface area contributed by atoms with E-state index < -0.39 is 11.5 Å². The highest BCUT2D eigenvalue weighted by Crippen LogP contribution is 2.52. The van der Waals surface area contributed by atoms with Gasteiger partial charge in [0.05, 0.1) is 5.69 Å². The number of nitrogens with zero attached hydrogens (tertiary/aromatic N) is 1. The van der Waals surface area contributed by atoms with Gasteiger partial charge in [0.1, 0.15) is 5.60 Å². The Morgan fingerprint density at radius 2 is 1.38 bits per heavy atom. The van der Waals surface area contributed by atoms with Gasteiger partial charge in [-0.15, -0.1) is 0 Å². The Morgan fingerprint density at radius 3 is 1.88 bits per heavy atom. The number of benzene rings is 2. The summed E-state index contributed by atoms with van der Waals surface area (Å²) in [5, 5.41) is 12.3. The maximum Gasteiger partial charge on any atom is 0.277 e. The van der Waals surface area contributed by atoms with E-state index >= 15 is 0 Å². The number of hydrogen-bond donors (Lipinski definition) is 2. The van der Waals surface area contributed by atoms with Crippen molar-refractivity contribution in [2.45, 2.75) is 31.3 Å². The van der Waals surface area contributed by atoms with Gasteiger partial charge in [-0.25, -0.2) is 5.01 Å². The molecule has 0 radical (unpaired) electrons. The van der Waals surface area contributed by atoms with E-state index in [4.69, 9.17) is 0 Å². The van der Waals surface area contributed by atoms with Gasteiger partial charge in [0.25, 0.3) is 11.8 Å². The molecule has 2 saturated carbocycles. The largest absolute Gasteiger partial charge is 0.379 e. The number of carbonyl (C=O) groups excluding carboxylic acids is 2. The fourth-order valence-electron chi connectivity index (χ4n) is 3.46. The zero-order chi connectivity index (χ0) is 18.1. The second kappa shape index (κ2) is 6.57. The molecule has 26 heavy (non-hydrogen) atoms. The number of aliphatic hydroxyl groups is 1.